The topological polar surface area (TPSA) is 78.9 Å². The third kappa shape index (κ3) is 4.84. The fourth-order valence-corrected chi connectivity index (χ4v) is 4.92. The molecular formula is C29H25BrN4O3. The van der Waals surface area contributed by atoms with Gasteiger partial charge in [0.2, 0.25) is 0 Å². The van der Waals surface area contributed by atoms with Crippen LogP contribution in [0, 0.1) is 0 Å². The first kappa shape index (κ1) is 24.6. The Hall–Kier alpha value is -4.04. The maximum absolute atomic E-state index is 13.5. The van der Waals surface area contributed by atoms with Crippen molar-refractivity contribution < 1.29 is 4.79 Å². The van der Waals surface area contributed by atoms with Crippen molar-refractivity contribution in [3.63, 3.8) is 0 Å². The number of halogens is 1. The lowest BCUT2D eigenvalue weighted by atomic mass is 10.0. The molecule has 0 aliphatic heterocycles. The van der Waals surface area contributed by atoms with Crippen molar-refractivity contribution >= 4 is 32.9 Å². The van der Waals surface area contributed by atoms with E-state index in [9.17, 15) is 14.4 Å². The third-order valence-corrected chi connectivity index (χ3v) is 6.92. The molecule has 0 fully saturated rings. The summed E-state index contributed by atoms with van der Waals surface area (Å²) in [4.78, 5) is 44.5. The summed E-state index contributed by atoms with van der Waals surface area (Å²) in [6, 6.07) is 26.9. The third-order valence-electron chi connectivity index (χ3n) is 6.31. The zero-order valence-corrected chi connectivity index (χ0v) is 21.9. The van der Waals surface area contributed by atoms with Gasteiger partial charge >= 0.3 is 5.69 Å². The molecule has 5 aromatic rings. The van der Waals surface area contributed by atoms with Crippen LogP contribution < -0.4 is 11.2 Å². The van der Waals surface area contributed by atoms with E-state index in [-0.39, 0.29) is 36.6 Å². The highest BCUT2D eigenvalue weighted by molar-refractivity contribution is 9.10. The van der Waals surface area contributed by atoms with Gasteiger partial charge in [-0.1, -0.05) is 91.9 Å². The first-order valence-corrected chi connectivity index (χ1v) is 12.9. The SMILES string of the molecule is CCCn1c(=O)c2c(nc(Br)n2CC(=O)c2ccc(-c3ccccc3)cc2)n(Cc2ccccc2)c1=O. The summed E-state index contributed by atoms with van der Waals surface area (Å²) >= 11 is 3.43. The fourth-order valence-electron chi connectivity index (χ4n) is 4.45. The summed E-state index contributed by atoms with van der Waals surface area (Å²) in [5.41, 5.74) is 3.14. The molecule has 186 valence electrons. The molecule has 0 aliphatic carbocycles. The number of fused-ring (bicyclic) bond motifs is 1. The van der Waals surface area contributed by atoms with E-state index in [0.29, 0.717) is 16.7 Å². The second-order valence-corrected chi connectivity index (χ2v) is 9.53. The minimum atomic E-state index is -0.448. The van der Waals surface area contributed by atoms with Crippen molar-refractivity contribution in [1.29, 1.82) is 0 Å². The second kappa shape index (κ2) is 10.5. The molecule has 8 heteroatoms. The van der Waals surface area contributed by atoms with E-state index in [1.54, 1.807) is 16.7 Å². The maximum Gasteiger partial charge on any atom is 0.333 e. The number of carbonyl (C=O) groups is 1. The van der Waals surface area contributed by atoms with Gasteiger partial charge in [0.05, 0.1) is 13.1 Å². The standard InChI is InChI=1S/C29H25BrN4O3/c1-2-17-32-27(36)25-26(34(29(32)37)18-20-9-5-3-6-10-20)31-28(30)33(25)19-24(35)23-15-13-22(14-16-23)21-11-7-4-8-12-21/h3-16H,2,17-19H2,1H3. The second-order valence-electron chi connectivity index (χ2n) is 8.82. The highest BCUT2D eigenvalue weighted by Gasteiger charge is 2.22. The van der Waals surface area contributed by atoms with Crippen molar-refractivity contribution in [2.75, 3.05) is 0 Å². The molecule has 0 bridgehead atoms. The van der Waals surface area contributed by atoms with Crippen LogP contribution in [-0.4, -0.2) is 24.5 Å². The van der Waals surface area contributed by atoms with Crippen molar-refractivity contribution in [3.8, 4) is 11.1 Å². The lowest BCUT2D eigenvalue weighted by Gasteiger charge is -2.12. The van der Waals surface area contributed by atoms with Gasteiger partial charge in [0.15, 0.2) is 21.7 Å². The molecule has 5 rings (SSSR count). The molecule has 0 unspecified atom stereocenters. The largest absolute Gasteiger partial charge is 0.333 e. The number of carbonyl (C=O) groups excluding carboxylic acids is 1. The molecule has 0 aliphatic rings. The Morgan fingerprint density at radius 1 is 0.811 bits per heavy atom. The lowest BCUT2D eigenvalue weighted by Crippen LogP contribution is -2.41. The summed E-state index contributed by atoms with van der Waals surface area (Å²) in [5, 5.41) is 0. The van der Waals surface area contributed by atoms with Gasteiger partial charge in [-0.15, -0.1) is 0 Å². The van der Waals surface area contributed by atoms with Crippen LogP contribution in [0.5, 0.6) is 0 Å². The van der Waals surface area contributed by atoms with Gasteiger partial charge in [-0.05, 0) is 39.0 Å². The average Bonchev–Trinajstić information content (AvgIpc) is 3.25. The number of ketones is 1. The van der Waals surface area contributed by atoms with Gasteiger partial charge in [0.1, 0.15) is 0 Å². The van der Waals surface area contributed by atoms with Gasteiger partial charge < -0.3 is 4.57 Å². The Kier molecular flexibility index (Phi) is 7.01. The Labute approximate surface area is 221 Å². The van der Waals surface area contributed by atoms with E-state index in [1.165, 1.54) is 9.13 Å². The zero-order chi connectivity index (χ0) is 25.9. The van der Waals surface area contributed by atoms with Gasteiger partial charge in [-0.25, -0.2) is 9.78 Å². The first-order valence-electron chi connectivity index (χ1n) is 12.1. The van der Waals surface area contributed by atoms with E-state index in [2.05, 4.69) is 20.9 Å². The van der Waals surface area contributed by atoms with Gasteiger partial charge in [-0.2, -0.15) is 0 Å². The van der Waals surface area contributed by atoms with Crippen molar-refractivity contribution in [3.05, 3.63) is 122 Å². The Bertz CT molecular complexity index is 1690. The Balaban J connectivity index is 1.55. The van der Waals surface area contributed by atoms with Crippen LogP contribution in [0.15, 0.2) is 99.3 Å². The summed E-state index contributed by atoms with van der Waals surface area (Å²) in [6.07, 6.45) is 0.619. The predicted molar refractivity (Wildman–Crippen MR) is 148 cm³/mol. The number of imidazole rings is 1. The average molecular weight is 557 g/mol. The van der Waals surface area contributed by atoms with E-state index < -0.39 is 11.2 Å². The number of aromatic nitrogens is 4. The van der Waals surface area contributed by atoms with Gasteiger partial charge in [0, 0.05) is 12.1 Å². The summed E-state index contributed by atoms with van der Waals surface area (Å²) in [6.45, 7) is 2.36. The van der Waals surface area contributed by atoms with Crippen molar-refractivity contribution in [2.24, 2.45) is 0 Å². The number of benzene rings is 3. The predicted octanol–water partition coefficient (Wildman–Crippen LogP) is 5.13. The zero-order valence-electron chi connectivity index (χ0n) is 20.3. The first-order chi connectivity index (χ1) is 18.0. The molecule has 0 N–H and O–H groups in total. The molecule has 2 heterocycles. The number of hydrogen-bond donors (Lipinski definition) is 0. The molecule has 0 atom stereocenters. The molecule has 3 aromatic carbocycles. The van der Waals surface area contributed by atoms with E-state index in [4.69, 9.17) is 0 Å². The highest BCUT2D eigenvalue weighted by atomic mass is 79.9. The quantitative estimate of drug-likeness (QED) is 0.196. The molecule has 7 nitrogen and oxygen atoms in total. The molecular weight excluding hydrogens is 532 g/mol. The van der Waals surface area contributed by atoms with E-state index in [0.717, 1.165) is 16.7 Å². The van der Waals surface area contributed by atoms with Crippen LogP contribution >= 0.6 is 15.9 Å². The Morgan fingerprint density at radius 2 is 1.43 bits per heavy atom. The van der Waals surface area contributed by atoms with Crippen LogP contribution in [0.25, 0.3) is 22.3 Å². The lowest BCUT2D eigenvalue weighted by molar-refractivity contribution is 0.0972. The fraction of sp³-hybridized carbons (Fsp3) is 0.172. The Morgan fingerprint density at radius 3 is 2.08 bits per heavy atom. The summed E-state index contributed by atoms with van der Waals surface area (Å²) in [7, 11) is 0. The minimum Gasteiger partial charge on any atom is -0.305 e. The molecule has 0 saturated heterocycles. The molecule has 0 saturated carbocycles. The van der Waals surface area contributed by atoms with Gasteiger partial charge in [-0.3, -0.25) is 18.7 Å². The normalized spacial score (nSPS) is 11.2. The molecule has 0 amide bonds. The van der Waals surface area contributed by atoms with Crippen LogP contribution in [0.4, 0.5) is 0 Å². The molecule has 2 aromatic heterocycles. The number of rotatable bonds is 8. The number of nitrogens with zero attached hydrogens (tertiary/aromatic N) is 4. The summed E-state index contributed by atoms with van der Waals surface area (Å²) in [5.74, 6) is -0.165. The molecule has 0 spiro atoms. The van der Waals surface area contributed by atoms with Crippen LogP contribution in [0.1, 0.15) is 29.3 Å². The smallest absolute Gasteiger partial charge is 0.305 e. The van der Waals surface area contributed by atoms with E-state index in [1.807, 2.05) is 79.7 Å². The summed E-state index contributed by atoms with van der Waals surface area (Å²) < 4.78 is 4.61. The highest BCUT2D eigenvalue weighted by Crippen LogP contribution is 2.22. The molecule has 37 heavy (non-hydrogen) atoms. The maximum atomic E-state index is 13.5. The number of hydrogen-bond acceptors (Lipinski definition) is 4. The molecule has 0 radical (unpaired) electrons. The monoisotopic (exact) mass is 556 g/mol. The van der Waals surface area contributed by atoms with Crippen LogP contribution in [-0.2, 0) is 19.6 Å². The van der Waals surface area contributed by atoms with Crippen molar-refractivity contribution in [1.82, 2.24) is 18.7 Å². The van der Waals surface area contributed by atoms with Gasteiger partial charge in [0.25, 0.3) is 5.56 Å². The number of Topliss-reactive ketones (excluding diaryl/α,β-unsaturated/α-hetero) is 1. The van der Waals surface area contributed by atoms with E-state index >= 15 is 0 Å². The minimum absolute atomic E-state index is 0.0906. The van der Waals surface area contributed by atoms with Crippen LogP contribution in [0.2, 0.25) is 0 Å². The van der Waals surface area contributed by atoms with Crippen molar-refractivity contribution in [2.45, 2.75) is 33.0 Å². The van der Waals surface area contributed by atoms with Crippen LogP contribution in [0.3, 0.4) is 0 Å².